The van der Waals surface area contributed by atoms with Crippen molar-refractivity contribution >= 4 is 0 Å². The smallest absolute Gasteiger partial charge is 0.122 e. The Morgan fingerprint density at radius 3 is 3.10 bits per heavy atom. The molecule has 5 heteroatoms. The van der Waals surface area contributed by atoms with E-state index < -0.39 is 0 Å². The van der Waals surface area contributed by atoms with Crippen molar-refractivity contribution < 1.29 is 4.74 Å². The number of hydrogen-bond donors (Lipinski definition) is 1. The summed E-state index contributed by atoms with van der Waals surface area (Å²) in [7, 11) is 1.70. The summed E-state index contributed by atoms with van der Waals surface area (Å²) < 4.78 is 7.55. The lowest BCUT2D eigenvalue weighted by atomic mass is 10.1. The molecule has 2 heterocycles. The van der Waals surface area contributed by atoms with Gasteiger partial charge in [-0.15, -0.1) is 0 Å². The topological polar surface area (TPSA) is 56.3 Å². The lowest BCUT2D eigenvalue weighted by Gasteiger charge is -2.34. The van der Waals surface area contributed by atoms with E-state index in [2.05, 4.69) is 32.8 Å². The van der Waals surface area contributed by atoms with Crippen LogP contribution in [0.1, 0.15) is 23.0 Å². The number of methoxy groups -OCH3 is 1. The van der Waals surface area contributed by atoms with Gasteiger partial charge < -0.3 is 15.0 Å². The Labute approximate surface area is 124 Å². The predicted molar refractivity (Wildman–Crippen MR) is 80.1 cm³/mol. The Morgan fingerprint density at radius 2 is 2.24 bits per heavy atom. The van der Waals surface area contributed by atoms with Gasteiger partial charge in [-0.3, -0.25) is 4.90 Å². The molecule has 21 heavy (non-hydrogen) atoms. The van der Waals surface area contributed by atoms with Gasteiger partial charge in [0.25, 0.3) is 0 Å². The molecule has 1 aliphatic carbocycles. The number of aromatic nitrogens is 2. The highest BCUT2D eigenvalue weighted by atomic mass is 16.5. The number of rotatable bonds is 2. The number of ether oxygens (including phenoxy) is 1. The second-order valence-electron chi connectivity index (χ2n) is 5.87. The minimum absolute atomic E-state index is 0.0524. The van der Waals surface area contributed by atoms with Crippen LogP contribution in [0.15, 0.2) is 30.6 Å². The molecular formula is C16H20N4O. The van der Waals surface area contributed by atoms with Gasteiger partial charge in [0.1, 0.15) is 11.6 Å². The van der Waals surface area contributed by atoms with Gasteiger partial charge in [-0.25, -0.2) is 4.98 Å². The van der Waals surface area contributed by atoms with E-state index in [1.807, 2.05) is 12.3 Å². The first-order chi connectivity index (χ1) is 10.3. The molecule has 0 saturated carbocycles. The zero-order chi connectivity index (χ0) is 14.4. The first kappa shape index (κ1) is 12.9. The van der Waals surface area contributed by atoms with Crippen molar-refractivity contribution in [1.29, 1.82) is 0 Å². The number of benzene rings is 1. The zero-order valence-corrected chi connectivity index (χ0v) is 12.2. The predicted octanol–water partition coefficient (Wildman–Crippen LogP) is 1.33. The first-order valence-corrected chi connectivity index (χ1v) is 7.42. The van der Waals surface area contributed by atoms with Crippen molar-refractivity contribution in [2.45, 2.75) is 31.6 Å². The molecule has 2 aromatic rings. The average molecular weight is 284 g/mol. The molecule has 2 aliphatic rings. The molecular weight excluding hydrogens is 264 g/mol. The largest absolute Gasteiger partial charge is 0.497 e. The Bertz CT molecular complexity index is 666. The number of nitrogens with zero attached hydrogens (tertiary/aromatic N) is 3. The van der Waals surface area contributed by atoms with Gasteiger partial charge in [0.05, 0.1) is 13.7 Å². The van der Waals surface area contributed by atoms with E-state index in [0.29, 0.717) is 6.04 Å². The number of hydrogen-bond acceptors (Lipinski definition) is 4. The fourth-order valence-corrected chi connectivity index (χ4v) is 3.59. The van der Waals surface area contributed by atoms with Crippen LogP contribution in [-0.4, -0.2) is 34.1 Å². The first-order valence-electron chi connectivity index (χ1n) is 7.42. The van der Waals surface area contributed by atoms with Crippen molar-refractivity contribution in [2.24, 2.45) is 5.73 Å². The highest BCUT2D eigenvalue weighted by molar-refractivity contribution is 5.42. The summed E-state index contributed by atoms with van der Waals surface area (Å²) in [6.07, 6.45) is 4.95. The van der Waals surface area contributed by atoms with Gasteiger partial charge in [0, 0.05) is 37.6 Å². The molecule has 0 spiro atoms. The standard InChI is InChI=1S/C16H20N4O/c1-21-12-3-2-11-8-14(16(17)13(11)9-12)20-7-6-19-5-4-18-15(19)10-20/h2-5,9,14,16H,6-8,10,17H2,1H3. The lowest BCUT2D eigenvalue weighted by molar-refractivity contribution is 0.139. The Hall–Kier alpha value is -1.85. The SMILES string of the molecule is COc1ccc2c(c1)C(N)C(N1CCn3ccnc3C1)C2. The van der Waals surface area contributed by atoms with E-state index in [1.54, 1.807) is 7.11 Å². The molecule has 2 N–H and O–H groups in total. The van der Waals surface area contributed by atoms with Crippen LogP contribution in [-0.2, 0) is 19.5 Å². The normalized spacial score (nSPS) is 24.7. The van der Waals surface area contributed by atoms with Crippen molar-refractivity contribution in [1.82, 2.24) is 14.5 Å². The van der Waals surface area contributed by atoms with Crippen molar-refractivity contribution in [3.8, 4) is 5.75 Å². The molecule has 1 aromatic heterocycles. The summed E-state index contributed by atoms with van der Waals surface area (Å²) >= 11 is 0. The second-order valence-corrected chi connectivity index (χ2v) is 5.87. The third-order valence-electron chi connectivity index (χ3n) is 4.80. The molecule has 5 nitrogen and oxygen atoms in total. The van der Waals surface area contributed by atoms with E-state index in [0.717, 1.165) is 37.6 Å². The third-order valence-corrected chi connectivity index (χ3v) is 4.80. The maximum atomic E-state index is 6.52. The van der Waals surface area contributed by atoms with E-state index >= 15 is 0 Å². The van der Waals surface area contributed by atoms with Crippen LogP contribution in [0.5, 0.6) is 5.75 Å². The van der Waals surface area contributed by atoms with Gasteiger partial charge in [0.2, 0.25) is 0 Å². The van der Waals surface area contributed by atoms with E-state index in [4.69, 9.17) is 10.5 Å². The van der Waals surface area contributed by atoms with Crippen LogP contribution in [0.4, 0.5) is 0 Å². The molecule has 0 radical (unpaired) electrons. The zero-order valence-electron chi connectivity index (χ0n) is 12.2. The van der Waals surface area contributed by atoms with E-state index in [9.17, 15) is 0 Å². The van der Waals surface area contributed by atoms with Gasteiger partial charge in [0.15, 0.2) is 0 Å². The fourth-order valence-electron chi connectivity index (χ4n) is 3.59. The summed E-state index contributed by atoms with van der Waals surface area (Å²) in [5.41, 5.74) is 9.10. The lowest BCUT2D eigenvalue weighted by Crippen LogP contribution is -2.45. The Morgan fingerprint density at radius 1 is 1.33 bits per heavy atom. The molecule has 1 aromatic carbocycles. The van der Waals surface area contributed by atoms with Crippen LogP contribution < -0.4 is 10.5 Å². The van der Waals surface area contributed by atoms with Gasteiger partial charge in [-0.2, -0.15) is 0 Å². The van der Waals surface area contributed by atoms with Gasteiger partial charge >= 0.3 is 0 Å². The highest BCUT2D eigenvalue weighted by Gasteiger charge is 2.35. The second kappa shape index (κ2) is 4.86. The van der Waals surface area contributed by atoms with Crippen molar-refractivity contribution in [3.05, 3.63) is 47.5 Å². The van der Waals surface area contributed by atoms with Crippen LogP contribution in [0.3, 0.4) is 0 Å². The van der Waals surface area contributed by atoms with Crippen molar-refractivity contribution in [2.75, 3.05) is 13.7 Å². The fraction of sp³-hybridized carbons (Fsp3) is 0.438. The maximum absolute atomic E-state index is 6.52. The average Bonchev–Trinajstić information content (AvgIpc) is 3.11. The molecule has 2 unspecified atom stereocenters. The molecule has 1 aliphatic heterocycles. The highest BCUT2D eigenvalue weighted by Crippen LogP contribution is 2.36. The summed E-state index contributed by atoms with van der Waals surface area (Å²) in [6.45, 7) is 2.92. The number of imidazole rings is 1. The van der Waals surface area contributed by atoms with Crippen LogP contribution >= 0.6 is 0 Å². The quantitative estimate of drug-likeness (QED) is 0.904. The summed E-state index contributed by atoms with van der Waals surface area (Å²) in [6, 6.07) is 6.68. The molecule has 0 fully saturated rings. The summed E-state index contributed by atoms with van der Waals surface area (Å²) in [5, 5.41) is 0. The minimum Gasteiger partial charge on any atom is -0.497 e. The molecule has 4 rings (SSSR count). The third kappa shape index (κ3) is 2.04. The monoisotopic (exact) mass is 284 g/mol. The summed E-state index contributed by atoms with van der Waals surface area (Å²) in [5.74, 6) is 2.03. The molecule has 0 amide bonds. The summed E-state index contributed by atoms with van der Waals surface area (Å²) in [4.78, 5) is 6.91. The molecule has 0 saturated heterocycles. The Balaban J connectivity index is 1.58. The van der Waals surface area contributed by atoms with Gasteiger partial charge in [-0.05, 0) is 29.7 Å². The molecule has 110 valence electrons. The van der Waals surface area contributed by atoms with Crippen LogP contribution in [0.2, 0.25) is 0 Å². The molecule has 2 atom stereocenters. The van der Waals surface area contributed by atoms with Crippen LogP contribution in [0.25, 0.3) is 0 Å². The van der Waals surface area contributed by atoms with Crippen LogP contribution in [0, 0.1) is 0 Å². The Kier molecular flexibility index (Phi) is 2.97. The van der Waals surface area contributed by atoms with E-state index in [1.165, 1.54) is 11.1 Å². The number of fused-ring (bicyclic) bond motifs is 2. The molecule has 0 bridgehead atoms. The maximum Gasteiger partial charge on any atom is 0.122 e. The van der Waals surface area contributed by atoms with E-state index in [-0.39, 0.29) is 6.04 Å². The number of nitrogens with two attached hydrogens (primary N) is 1. The van der Waals surface area contributed by atoms with Gasteiger partial charge in [-0.1, -0.05) is 6.07 Å². The minimum atomic E-state index is 0.0524. The van der Waals surface area contributed by atoms with Crippen molar-refractivity contribution in [3.63, 3.8) is 0 Å².